The molecule has 0 saturated carbocycles. The van der Waals surface area contributed by atoms with Crippen LogP contribution in [0.2, 0.25) is 0 Å². The summed E-state index contributed by atoms with van der Waals surface area (Å²) >= 11 is 0. The van der Waals surface area contributed by atoms with Crippen LogP contribution in [0, 0.1) is 0 Å². The van der Waals surface area contributed by atoms with Crippen LogP contribution in [-0.2, 0) is 0 Å². The van der Waals surface area contributed by atoms with Gasteiger partial charge in [-0.25, -0.2) is 9.79 Å². The molecule has 4 heteroatoms. The Morgan fingerprint density at radius 1 is 1.70 bits per heavy atom. The minimum atomic E-state index is -2.72. The molecule has 1 rings (SSSR count). The van der Waals surface area contributed by atoms with Crippen molar-refractivity contribution in [1.82, 2.24) is 0 Å². The Morgan fingerprint density at radius 3 is 2.50 bits per heavy atom. The van der Waals surface area contributed by atoms with Gasteiger partial charge in [0.1, 0.15) is 12.0 Å². The molecule has 58 valence electrons. The van der Waals surface area contributed by atoms with Crippen molar-refractivity contribution in [2.24, 2.45) is 5.73 Å². The molecule has 0 aliphatic heterocycles. The molecular formula is C6H13NO2P+. The molecule has 3 nitrogen and oxygen atoms in total. The molecule has 0 bridgehead atoms. The Bertz CT molecular complexity index is 162. The molecule has 0 aromatic rings. The van der Waals surface area contributed by atoms with Gasteiger partial charge in [0.05, 0.1) is 0 Å². The highest BCUT2D eigenvalue weighted by Gasteiger charge is 2.35. The first kappa shape index (κ1) is 8.15. The molecule has 0 amide bonds. The predicted octanol–water partition coefficient (Wildman–Crippen LogP) is 0.453. The van der Waals surface area contributed by atoms with Gasteiger partial charge in [0.25, 0.3) is 7.72 Å². The minimum absolute atomic E-state index is 0.0358. The van der Waals surface area contributed by atoms with E-state index in [4.69, 9.17) is 5.73 Å². The van der Waals surface area contributed by atoms with Gasteiger partial charge in [-0.15, -0.1) is 0 Å². The van der Waals surface area contributed by atoms with Gasteiger partial charge in [-0.1, -0.05) is 0 Å². The van der Waals surface area contributed by atoms with Gasteiger partial charge in [-0.3, -0.25) is 0 Å². The molecule has 0 saturated heterocycles. The van der Waals surface area contributed by atoms with Crippen molar-refractivity contribution in [2.45, 2.75) is 18.9 Å². The van der Waals surface area contributed by atoms with Crippen molar-refractivity contribution >= 4 is 7.72 Å². The van der Waals surface area contributed by atoms with Crippen LogP contribution in [0.1, 0.15) is 12.8 Å². The van der Waals surface area contributed by atoms with Crippen LogP contribution < -0.4 is 5.73 Å². The summed E-state index contributed by atoms with van der Waals surface area (Å²) in [6.45, 7) is 1.47. The number of hydrogen-bond acceptors (Lipinski definition) is 3. The van der Waals surface area contributed by atoms with Gasteiger partial charge >= 0.3 is 0 Å². The molecule has 10 heavy (non-hydrogen) atoms. The second-order valence-electron chi connectivity index (χ2n) is 2.77. The molecular weight excluding hydrogens is 149 g/mol. The highest BCUT2D eigenvalue weighted by atomic mass is 31.2. The summed E-state index contributed by atoms with van der Waals surface area (Å²) in [5.41, 5.74) is 5.54. The van der Waals surface area contributed by atoms with E-state index in [0.717, 1.165) is 18.2 Å². The fraction of sp³-hybridized carbons (Fsp3) is 0.667. The van der Waals surface area contributed by atoms with Gasteiger partial charge < -0.3 is 5.73 Å². The molecule has 0 radical (unpaired) electrons. The average molecular weight is 162 g/mol. The Hall–Kier alpha value is 0.0500. The van der Waals surface area contributed by atoms with E-state index in [-0.39, 0.29) is 6.04 Å². The number of nitrogens with two attached hydrogens (primary N) is 1. The first-order chi connectivity index (χ1) is 4.50. The Morgan fingerprint density at radius 2 is 2.30 bits per heavy atom. The summed E-state index contributed by atoms with van der Waals surface area (Å²) in [6.07, 6.45) is 3.37. The maximum Gasteiger partial charge on any atom is 0.292 e. The van der Waals surface area contributed by atoms with E-state index in [1.807, 2.05) is 0 Å². The van der Waals surface area contributed by atoms with E-state index >= 15 is 0 Å². The largest absolute Gasteiger partial charge is 0.324 e. The topological polar surface area (TPSA) is 66.5 Å². The molecule has 0 unspecified atom stereocenters. The molecule has 0 aromatic carbocycles. The standard InChI is InChI=1S/C6H13NO2P/c1-10(8,9)6-3-2-5(7)4-6/h4-5,8-9H,2-3,7H2,1H3/q+1/t5-/m0/s1. The van der Waals surface area contributed by atoms with Crippen LogP contribution in [0.25, 0.3) is 0 Å². The predicted molar refractivity (Wildman–Crippen MR) is 42.6 cm³/mol. The third-order valence-corrected chi connectivity index (χ3v) is 3.15. The van der Waals surface area contributed by atoms with Crippen LogP contribution >= 0.6 is 7.72 Å². The lowest BCUT2D eigenvalue weighted by atomic mass is 10.3. The first-order valence-electron chi connectivity index (χ1n) is 3.29. The third-order valence-electron chi connectivity index (χ3n) is 1.68. The highest BCUT2D eigenvalue weighted by Crippen LogP contribution is 2.57. The Kier molecular flexibility index (Phi) is 2.11. The van der Waals surface area contributed by atoms with Crippen LogP contribution in [-0.4, -0.2) is 22.5 Å². The van der Waals surface area contributed by atoms with Crippen LogP contribution in [0.5, 0.6) is 0 Å². The van der Waals surface area contributed by atoms with Crippen molar-refractivity contribution in [3.05, 3.63) is 11.4 Å². The Balaban J connectivity index is 2.67. The number of allylic oxidation sites excluding steroid dienone is 1. The molecule has 0 heterocycles. The molecule has 0 spiro atoms. The normalized spacial score (nSPS) is 26.8. The quantitative estimate of drug-likeness (QED) is 0.490. The smallest absolute Gasteiger partial charge is 0.292 e. The zero-order valence-electron chi connectivity index (χ0n) is 5.99. The number of rotatable bonds is 1. The van der Waals surface area contributed by atoms with E-state index in [1.54, 1.807) is 6.08 Å². The highest BCUT2D eigenvalue weighted by molar-refractivity contribution is 7.68. The third kappa shape index (κ3) is 1.77. The second-order valence-corrected chi connectivity index (χ2v) is 5.17. The molecule has 1 aliphatic carbocycles. The summed E-state index contributed by atoms with van der Waals surface area (Å²) < 4.78 is 0. The van der Waals surface area contributed by atoms with Crippen LogP contribution in [0.3, 0.4) is 0 Å². The van der Waals surface area contributed by atoms with Gasteiger partial charge in [-0.2, -0.15) is 0 Å². The first-order valence-corrected chi connectivity index (χ1v) is 5.43. The van der Waals surface area contributed by atoms with E-state index < -0.39 is 7.72 Å². The minimum Gasteiger partial charge on any atom is -0.324 e. The fourth-order valence-corrected chi connectivity index (χ4v) is 2.11. The van der Waals surface area contributed by atoms with Crippen molar-refractivity contribution in [1.29, 1.82) is 0 Å². The maximum absolute atomic E-state index is 9.18. The Labute approximate surface area is 61.1 Å². The van der Waals surface area contributed by atoms with Crippen LogP contribution in [0.15, 0.2) is 11.4 Å². The lowest BCUT2D eigenvalue weighted by molar-refractivity contribution is 0.466. The fourth-order valence-electron chi connectivity index (χ4n) is 1.08. The zero-order chi connectivity index (χ0) is 7.78. The summed E-state index contributed by atoms with van der Waals surface area (Å²) in [5.74, 6) is 0. The summed E-state index contributed by atoms with van der Waals surface area (Å²) in [4.78, 5) is 18.4. The number of hydrogen-bond donors (Lipinski definition) is 3. The summed E-state index contributed by atoms with van der Waals surface area (Å²) in [6, 6.07) is 0.0358. The SMILES string of the molecule is C[P+](O)(O)C1=C[C@@H](N)CC1. The maximum atomic E-state index is 9.18. The van der Waals surface area contributed by atoms with Crippen molar-refractivity contribution < 1.29 is 9.79 Å². The van der Waals surface area contributed by atoms with Gasteiger partial charge in [-0.05, 0) is 12.5 Å². The van der Waals surface area contributed by atoms with Crippen LogP contribution in [0.4, 0.5) is 0 Å². The van der Waals surface area contributed by atoms with Gasteiger partial charge in [0, 0.05) is 12.5 Å². The van der Waals surface area contributed by atoms with E-state index in [0.29, 0.717) is 0 Å². The molecule has 4 N–H and O–H groups in total. The lowest BCUT2D eigenvalue weighted by Crippen LogP contribution is -2.11. The molecule has 1 aliphatic rings. The second kappa shape index (κ2) is 2.59. The molecule has 0 aromatic heterocycles. The average Bonchev–Trinajstić information content (AvgIpc) is 2.11. The molecule has 1 atom stereocenters. The molecule has 0 fully saturated rings. The van der Waals surface area contributed by atoms with E-state index in [9.17, 15) is 9.79 Å². The monoisotopic (exact) mass is 162 g/mol. The van der Waals surface area contributed by atoms with E-state index in [1.165, 1.54) is 6.66 Å². The van der Waals surface area contributed by atoms with Crippen molar-refractivity contribution in [3.8, 4) is 0 Å². The van der Waals surface area contributed by atoms with Crippen molar-refractivity contribution in [3.63, 3.8) is 0 Å². The summed E-state index contributed by atoms with van der Waals surface area (Å²) in [7, 11) is -2.72. The van der Waals surface area contributed by atoms with Crippen molar-refractivity contribution in [2.75, 3.05) is 6.66 Å². The summed E-state index contributed by atoms with van der Waals surface area (Å²) in [5, 5.41) is 0.750. The van der Waals surface area contributed by atoms with E-state index in [2.05, 4.69) is 0 Å². The lowest BCUT2D eigenvalue weighted by Gasteiger charge is -2.04. The van der Waals surface area contributed by atoms with Gasteiger partial charge in [0.2, 0.25) is 0 Å². The van der Waals surface area contributed by atoms with Gasteiger partial charge in [0.15, 0.2) is 0 Å². The zero-order valence-corrected chi connectivity index (χ0v) is 6.88.